The minimum Gasteiger partial charge on any atom is -0.468 e. The summed E-state index contributed by atoms with van der Waals surface area (Å²) in [5, 5.41) is 14.0. The molecule has 1 heterocycles. The Hall–Kier alpha value is -0.610. The van der Waals surface area contributed by atoms with Gasteiger partial charge in [0.1, 0.15) is 5.41 Å². The fraction of sp³-hybridized carbons (Fsp3) is 0.923. The molecule has 0 radical (unpaired) electrons. The van der Waals surface area contributed by atoms with Crippen molar-refractivity contribution in [3.05, 3.63) is 0 Å². The molecule has 4 heteroatoms. The lowest BCUT2D eigenvalue weighted by molar-refractivity contribution is -0.184. The zero-order valence-corrected chi connectivity index (χ0v) is 10.8. The van der Waals surface area contributed by atoms with E-state index >= 15 is 0 Å². The van der Waals surface area contributed by atoms with E-state index in [-0.39, 0.29) is 5.97 Å². The number of hydrogen-bond acceptors (Lipinski definition) is 4. The average molecular weight is 241 g/mol. The molecule has 4 nitrogen and oxygen atoms in total. The first kappa shape index (κ1) is 12.8. The molecule has 0 amide bonds. The molecule has 98 valence electrons. The Balaban J connectivity index is 2.20. The number of ether oxygens (including phenoxy) is 1. The van der Waals surface area contributed by atoms with Crippen LogP contribution in [0.3, 0.4) is 0 Å². The third-order valence-corrected chi connectivity index (χ3v) is 4.66. The highest BCUT2D eigenvalue weighted by atomic mass is 16.5. The van der Waals surface area contributed by atoms with E-state index in [1.807, 2.05) is 0 Å². The van der Waals surface area contributed by atoms with Gasteiger partial charge in [0.05, 0.1) is 12.7 Å². The van der Waals surface area contributed by atoms with Crippen molar-refractivity contribution in [2.24, 2.45) is 11.3 Å². The maximum Gasteiger partial charge on any atom is 0.317 e. The number of hydrogen-bond donors (Lipinski definition) is 2. The van der Waals surface area contributed by atoms with E-state index in [0.29, 0.717) is 31.8 Å². The second kappa shape index (κ2) is 4.58. The van der Waals surface area contributed by atoms with E-state index in [1.54, 1.807) is 0 Å². The number of esters is 1. The number of aliphatic hydroxyl groups is 1. The quantitative estimate of drug-likeness (QED) is 0.561. The molecule has 1 saturated heterocycles. The summed E-state index contributed by atoms with van der Waals surface area (Å²) in [4.78, 5) is 12.0. The first-order valence-corrected chi connectivity index (χ1v) is 6.56. The van der Waals surface area contributed by atoms with Crippen molar-refractivity contribution in [3.8, 4) is 0 Å². The molecule has 2 unspecified atom stereocenters. The number of nitrogens with one attached hydrogen (secondary N) is 1. The first-order chi connectivity index (χ1) is 8.04. The summed E-state index contributed by atoms with van der Waals surface area (Å²) in [7, 11) is 1.41. The fourth-order valence-corrected chi connectivity index (χ4v) is 3.21. The summed E-state index contributed by atoms with van der Waals surface area (Å²) in [5.41, 5.74) is -1.58. The van der Waals surface area contributed by atoms with Crippen LogP contribution in [0.5, 0.6) is 0 Å². The van der Waals surface area contributed by atoms with Crippen molar-refractivity contribution in [2.75, 3.05) is 20.2 Å². The van der Waals surface area contributed by atoms with Gasteiger partial charge < -0.3 is 15.2 Å². The third-order valence-electron chi connectivity index (χ3n) is 4.66. The van der Waals surface area contributed by atoms with Gasteiger partial charge in [-0.2, -0.15) is 0 Å². The number of carbonyl (C=O) groups excluding carboxylic acids is 1. The van der Waals surface area contributed by atoms with E-state index in [1.165, 1.54) is 7.11 Å². The lowest BCUT2D eigenvalue weighted by Crippen LogP contribution is -2.70. The Bertz CT molecular complexity index is 301. The molecule has 2 N–H and O–H groups in total. The van der Waals surface area contributed by atoms with E-state index in [9.17, 15) is 9.90 Å². The van der Waals surface area contributed by atoms with Crippen LogP contribution in [0, 0.1) is 11.3 Å². The van der Waals surface area contributed by atoms with Crippen LogP contribution in [-0.2, 0) is 9.53 Å². The third kappa shape index (κ3) is 1.97. The number of carbonyl (C=O) groups is 1. The van der Waals surface area contributed by atoms with Crippen molar-refractivity contribution in [1.29, 1.82) is 0 Å². The van der Waals surface area contributed by atoms with Crippen molar-refractivity contribution in [3.63, 3.8) is 0 Å². The highest BCUT2D eigenvalue weighted by molar-refractivity contribution is 5.80. The molecule has 2 fully saturated rings. The standard InChI is InChI=1S/C13H23NO3/c1-10-4-3-6-13(16,7-5-10)12(8-14-9-12)11(15)17-2/h10,14,16H,3-9H2,1-2H3. The van der Waals surface area contributed by atoms with Crippen LogP contribution < -0.4 is 5.32 Å². The van der Waals surface area contributed by atoms with Crippen molar-refractivity contribution < 1.29 is 14.6 Å². The van der Waals surface area contributed by atoms with E-state index in [4.69, 9.17) is 4.74 Å². The maximum atomic E-state index is 12.0. The van der Waals surface area contributed by atoms with Gasteiger partial charge in [0.15, 0.2) is 0 Å². The number of methoxy groups -OCH3 is 1. The van der Waals surface area contributed by atoms with Crippen molar-refractivity contribution in [1.82, 2.24) is 5.32 Å². The van der Waals surface area contributed by atoms with Crippen LogP contribution in [0.2, 0.25) is 0 Å². The molecule has 2 atom stereocenters. The summed E-state index contributed by atoms with van der Waals surface area (Å²) < 4.78 is 4.90. The molecule has 2 aliphatic rings. The van der Waals surface area contributed by atoms with Gasteiger partial charge in [-0.3, -0.25) is 4.79 Å². The smallest absolute Gasteiger partial charge is 0.317 e. The van der Waals surface area contributed by atoms with Gasteiger partial charge in [-0.1, -0.05) is 19.8 Å². The molecule has 0 spiro atoms. The van der Waals surface area contributed by atoms with E-state index in [2.05, 4.69) is 12.2 Å². The average Bonchev–Trinajstić information content (AvgIpc) is 2.40. The Kier molecular flexibility index (Phi) is 3.46. The second-order valence-corrected chi connectivity index (χ2v) is 5.74. The summed E-state index contributed by atoms with van der Waals surface area (Å²) in [6, 6.07) is 0. The lowest BCUT2D eigenvalue weighted by Gasteiger charge is -2.51. The maximum absolute atomic E-state index is 12.0. The largest absolute Gasteiger partial charge is 0.468 e. The molecule has 1 aliphatic heterocycles. The van der Waals surface area contributed by atoms with Crippen LogP contribution in [0.4, 0.5) is 0 Å². The summed E-state index contributed by atoms with van der Waals surface area (Å²) in [6.07, 6.45) is 4.57. The Morgan fingerprint density at radius 2 is 2.06 bits per heavy atom. The van der Waals surface area contributed by atoms with Gasteiger partial charge in [0, 0.05) is 13.1 Å². The first-order valence-electron chi connectivity index (χ1n) is 6.56. The molecule has 0 aromatic heterocycles. The van der Waals surface area contributed by atoms with Gasteiger partial charge in [-0.15, -0.1) is 0 Å². The molecule has 0 bridgehead atoms. The van der Waals surface area contributed by atoms with Gasteiger partial charge >= 0.3 is 5.97 Å². The van der Waals surface area contributed by atoms with Gasteiger partial charge in [-0.25, -0.2) is 0 Å². The van der Waals surface area contributed by atoms with Crippen LogP contribution in [-0.4, -0.2) is 36.9 Å². The van der Waals surface area contributed by atoms with Crippen molar-refractivity contribution >= 4 is 5.97 Å². The van der Waals surface area contributed by atoms with E-state index < -0.39 is 11.0 Å². The molecule has 1 aliphatic carbocycles. The SMILES string of the molecule is COC(=O)C1(C2(O)CCCC(C)CC2)CNC1. The topological polar surface area (TPSA) is 58.6 Å². The Morgan fingerprint density at radius 1 is 1.35 bits per heavy atom. The predicted octanol–water partition coefficient (Wildman–Crippen LogP) is 1.08. The lowest BCUT2D eigenvalue weighted by atomic mass is 9.64. The van der Waals surface area contributed by atoms with Crippen LogP contribution in [0.15, 0.2) is 0 Å². The van der Waals surface area contributed by atoms with Crippen LogP contribution in [0.1, 0.15) is 39.0 Å². The zero-order valence-electron chi connectivity index (χ0n) is 10.8. The summed E-state index contributed by atoms with van der Waals surface area (Å²) in [6.45, 7) is 3.31. The minimum atomic E-state index is -0.879. The second-order valence-electron chi connectivity index (χ2n) is 5.74. The molecule has 0 aromatic carbocycles. The predicted molar refractivity (Wildman–Crippen MR) is 64.5 cm³/mol. The summed E-state index contributed by atoms with van der Waals surface area (Å²) >= 11 is 0. The van der Waals surface area contributed by atoms with Gasteiger partial charge in [-0.05, 0) is 25.2 Å². The Labute approximate surface area is 103 Å². The Morgan fingerprint density at radius 3 is 2.59 bits per heavy atom. The molecular formula is C13H23NO3. The molecule has 0 aromatic rings. The molecule has 1 saturated carbocycles. The van der Waals surface area contributed by atoms with Gasteiger partial charge in [0.2, 0.25) is 0 Å². The molecule has 17 heavy (non-hydrogen) atoms. The highest BCUT2D eigenvalue weighted by Gasteiger charge is 2.60. The highest BCUT2D eigenvalue weighted by Crippen LogP contribution is 2.45. The number of rotatable bonds is 2. The minimum absolute atomic E-state index is 0.256. The zero-order chi connectivity index (χ0) is 12.5. The normalized spacial score (nSPS) is 36.8. The summed E-state index contributed by atoms with van der Waals surface area (Å²) in [5.74, 6) is 0.389. The molecule has 2 rings (SSSR count). The van der Waals surface area contributed by atoms with Gasteiger partial charge in [0.25, 0.3) is 0 Å². The monoisotopic (exact) mass is 241 g/mol. The van der Waals surface area contributed by atoms with Crippen LogP contribution >= 0.6 is 0 Å². The molecular weight excluding hydrogens is 218 g/mol. The van der Waals surface area contributed by atoms with Crippen LogP contribution in [0.25, 0.3) is 0 Å². The van der Waals surface area contributed by atoms with E-state index in [0.717, 1.165) is 19.3 Å². The van der Waals surface area contributed by atoms with Crippen molar-refractivity contribution in [2.45, 2.75) is 44.6 Å². The fourth-order valence-electron chi connectivity index (χ4n) is 3.21.